The number of aliphatic hydroxyl groups is 1. The lowest BCUT2D eigenvalue weighted by atomic mass is 9.99. The van der Waals surface area contributed by atoms with E-state index in [1.807, 2.05) is 0 Å². The highest BCUT2D eigenvalue weighted by Gasteiger charge is 2.19. The number of aryl methyl sites for hydroxylation is 1. The zero-order chi connectivity index (χ0) is 14.2. The van der Waals surface area contributed by atoms with Crippen molar-refractivity contribution in [1.82, 2.24) is 0 Å². The van der Waals surface area contributed by atoms with Crippen LogP contribution in [0.3, 0.4) is 0 Å². The first-order valence-electron chi connectivity index (χ1n) is 5.48. The molecule has 0 saturated carbocycles. The standard InChI is InChI=1S/C14H10ClF3O/c1-7-4-10(13(18)6-12(7)17)14(19)9-3-2-8(16)5-11(9)15/h2-6,14,19H,1H3. The highest BCUT2D eigenvalue weighted by Crippen LogP contribution is 2.31. The Morgan fingerprint density at radius 2 is 1.68 bits per heavy atom. The predicted octanol–water partition coefficient (Wildman–Crippen LogP) is 4.15. The van der Waals surface area contributed by atoms with Crippen LogP contribution < -0.4 is 0 Å². The topological polar surface area (TPSA) is 20.2 Å². The van der Waals surface area contributed by atoms with Crippen LogP contribution in [0.1, 0.15) is 22.8 Å². The molecular formula is C14H10ClF3O. The van der Waals surface area contributed by atoms with Crippen LogP contribution in [0.2, 0.25) is 5.02 Å². The lowest BCUT2D eigenvalue weighted by Gasteiger charge is -2.15. The van der Waals surface area contributed by atoms with Gasteiger partial charge in [-0.2, -0.15) is 0 Å². The fourth-order valence-corrected chi connectivity index (χ4v) is 2.05. The van der Waals surface area contributed by atoms with Gasteiger partial charge < -0.3 is 5.11 Å². The first-order chi connectivity index (χ1) is 8.90. The van der Waals surface area contributed by atoms with E-state index in [-0.39, 0.29) is 21.7 Å². The van der Waals surface area contributed by atoms with Gasteiger partial charge >= 0.3 is 0 Å². The van der Waals surface area contributed by atoms with Gasteiger partial charge in [0.25, 0.3) is 0 Å². The van der Waals surface area contributed by atoms with E-state index in [0.29, 0.717) is 6.07 Å². The van der Waals surface area contributed by atoms with Crippen LogP contribution in [0.15, 0.2) is 30.3 Å². The molecule has 5 heteroatoms. The monoisotopic (exact) mass is 286 g/mol. The molecule has 0 aromatic heterocycles. The third-order valence-corrected chi connectivity index (χ3v) is 3.16. The maximum atomic E-state index is 13.7. The molecule has 0 bridgehead atoms. The van der Waals surface area contributed by atoms with Crippen molar-refractivity contribution < 1.29 is 18.3 Å². The molecule has 0 spiro atoms. The van der Waals surface area contributed by atoms with Crippen LogP contribution in [0.5, 0.6) is 0 Å². The van der Waals surface area contributed by atoms with Crippen molar-refractivity contribution in [2.75, 3.05) is 0 Å². The molecule has 0 fully saturated rings. The van der Waals surface area contributed by atoms with E-state index < -0.39 is 23.6 Å². The van der Waals surface area contributed by atoms with E-state index in [1.165, 1.54) is 19.1 Å². The van der Waals surface area contributed by atoms with E-state index >= 15 is 0 Å². The Bertz CT molecular complexity index is 628. The third-order valence-electron chi connectivity index (χ3n) is 2.83. The van der Waals surface area contributed by atoms with Crippen molar-refractivity contribution >= 4 is 11.6 Å². The second kappa shape index (κ2) is 5.23. The molecule has 1 unspecified atom stereocenters. The van der Waals surface area contributed by atoms with Gasteiger partial charge in [-0.15, -0.1) is 0 Å². The third kappa shape index (κ3) is 2.74. The Kier molecular flexibility index (Phi) is 3.83. The van der Waals surface area contributed by atoms with Crippen LogP contribution in [0.4, 0.5) is 13.2 Å². The van der Waals surface area contributed by atoms with Crippen molar-refractivity contribution in [1.29, 1.82) is 0 Å². The summed E-state index contributed by atoms with van der Waals surface area (Å²) in [6.45, 7) is 1.46. The van der Waals surface area contributed by atoms with Crippen LogP contribution in [-0.2, 0) is 0 Å². The summed E-state index contributed by atoms with van der Waals surface area (Å²) in [7, 11) is 0. The summed E-state index contributed by atoms with van der Waals surface area (Å²) in [5.74, 6) is -2.13. The molecule has 1 atom stereocenters. The maximum Gasteiger partial charge on any atom is 0.132 e. The SMILES string of the molecule is Cc1cc(C(O)c2ccc(F)cc2Cl)c(F)cc1F. The van der Waals surface area contributed by atoms with Gasteiger partial charge in [0.05, 0.1) is 0 Å². The van der Waals surface area contributed by atoms with Crippen molar-refractivity contribution in [3.05, 3.63) is 69.5 Å². The smallest absolute Gasteiger partial charge is 0.132 e. The molecule has 19 heavy (non-hydrogen) atoms. The number of halogens is 4. The molecule has 100 valence electrons. The quantitative estimate of drug-likeness (QED) is 0.879. The largest absolute Gasteiger partial charge is 0.383 e. The highest BCUT2D eigenvalue weighted by molar-refractivity contribution is 6.31. The van der Waals surface area contributed by atoms with E-state index in [0.717, 1.165) is 12.1 Å². The van der Waals surface area contributed by atoms with Crippen molar-refractivity contribution in [3.63, 3.8) is 0 Å². The average molecular weight is 287 g/mol. The van der Waals surface area contributed by atoms with Crippen molar-refractivity contribution in [3.8, 4) is 0 Å². The van der Waals surface area contributed by atoms with Crippen LogP contribution >= 0.6 is 11.6 Å². The van der Waals surface area contributed by atoms with E-state index in [2.05, 4.69) is 0 Å². The summed E-state index contributed by atoms with van der Waals surface area (Å²) in [5, 5.41) is 10.1. The molecule has 0 saturated heterocycles. The summed E-state index contributed by atoms with van der Waals surface area (Å²) in [6.07, 6.45) is -1.38. The molecule has 2 aromatic carbocycles. The fourth-order valence-electron chi connectivity index (χ4n) is 1.78. The Labute approximate surface area is 113 Å². The van der Waals surface area contributed by atoms with E-state index in [9.17, 15) is 18.3 Å². The van der Waals surface area contributed by atoms with Gasteiger partial charge in [-0.25, -0.2) is 13.2 Å². The van der Waals surface area contributed by atoms with Crippen LogP contribution in [-0.4, -0.2) is 5.11 Å². The highest BCUT2D eigenvalue weighted by atomic mass is 35.5. The first kappa shape index (κ1) is 13.9. The molecule has 0 aliphatic heterocycles. The van der Waals surface area contributed by atoms with Crippen LogP contribution in [0, 0.1) is 24.4 Å². The minimum Gasteiger partial charge on any atom is -0.383 e. The molecule has 1 N–H and O–H groups in total. The number of benzene rings is 2. The van der Waals surface area contributed by atoms with Gasteiger partial charge in [0.15, 0.2) is 0 Å². The molecule has 0 aliphatic rings. The molecule has 0 radical (unpaired) electrons. The van der Waals surface area contributed by atoms with Gasteiger partial charge in [0.1, 0.15) is 23.6 Å². The summed E-state index contributed by atoms with van der Waals surface area (Å²) < 4.78 is 39.7. The molecule has 2 aromatic rings. The minimum atomic E-state index is -1.38. The lowest BCUT2D eigenvalue weighted by molar-refractivity contribution is 0.214. The van der Waals surface area contributed by atoms with Crippen molar-refractivity contribution in [2.45, 2.75) is 13.0 Å². The molecular weight excluding hydrogens is 277 g/mol. The fraction of sp³-hybridized carbons (Fsp3) is 0.143. The molecule has 2 rings (SSSR count). The summed E-state index contributed by atoms with van der Waals surface area (Å²) >= 11 is 5.80. The Hall–Kier alpha value is -1.52. The zero-order valence-electron chi connectivity index (χ0n) is 9.92. The second-order valence-electron chi connectivity index (χ2n) is 4.19. The number of rotatable bonds is 2. The lowest BCUT2D eigenvalue weighted by Crippen LogP contribution is -2.05. The number of aliphatic hydroxyl groups excluding tert-OH is 1. The number of hydrogen-bond donors (Lipinski definition) is 1. The Morgan fingerprint density at radius 1 is 1.00 bits per heavy atom. The minimum absolute atomic E-state index is 0.0196. The van der Waals surface area contributed by atoms with Crippen LogP contribution in [0.25, 0.3) is 0 Å². The van der Waals surface area contributed by atoms with Gasteiger partial charge in [-0.3, -0.25) is 0 Å². The summed E-state index contributed by atoms with van der Waals surface area (Å²) in [6, 6.07) is 5.30. The average Bonchev–Trinajstić information content (AvgIpc) is 2.33. The van der Waals surface area contributed by atoms with Crippen molar-refractivity contribution in [2.24, 2.45) is 0 Å². The molecule has 0 heterocycles. The first-order valence-corrected chi connectivity index (χ1v) is 5.86. The maximum absolute atomic E-state index is 13.7. The second-order valence-corrected chi connectivity index (χ2v) is 4.60. The summed E-state index contributed by atoms with van der Waals surface area (Å²) in [4.78, 5) is 0. The molecule has 0 amide bonds. The van der Waals surface area contributed by atoms with Gasteiger partial charge in [0.2, 0.25) is 0 Å². The Balaban J connectivity index is 2.49. The summed E-state index contributed by atoms with van der Waals surface area (Å²) in [5.41, 5.74) is 0.258. The van der Waals surface area contributed by atoms with Gasteiger partial charge in [0, 0.05) is 22.2 Å². The molecule has 1 nitrogen and oxygen atoms in total. The van der Waals surface area contributed by atoms with E-state index in [4.69, 9.17) is 11.6 Å². The van der Waals surface area contributed by atoms with Gasteiger partial charge in [-0.1, -0.05) is 17.7 Å². The number of hydrogen-bond acceptors (Lipinski definition) is 1. The van der Waals surface area contributed by atoms with E-state index in [1.54, 1.807) is 0 Å². The normalized spacial score (nSPS) is 12.5. The molecule has 0 aliphatic carbocycles. The predicted molar refractivity (Wildman–Crippen MR) is 66.6 cm³/mol. The Morgan fingerprint density at radius 3 is 2.32 bits per heavy atom. The zero-order valence-corrected chi connectivity index (χ0v) is 10.7. The van der Waals surface area contributed by atoms with Gasteiger partial charge in [-0.05, 0) is 30.7 Å².